The predicted octanol–water partition coefficient (Wildman–Crippen LogP) is 12.9. The maximum atomic E-state index is 12.7. The summed E-state index contributed by atoms with van der Waals surface area (Å²) in [5, 5.41) is 10.3. The van der Waals surface area contributed by atoms with Crippen molar-refractivity contribution in [1.29, 1.82) is 0 Å². The highest BCUT2D eigenvalue weighted by atomic mass is 35.7. The van der Waals surface area contributed by atoms with E-state index >= 15 is 0 Å². The van der Waals surface area contributed by atoms with Crippen molar-refractivity contribution in [2.75, 3.05) is 26.5 Å². The van der Waals surface area contributed by atoms with Crippen molar-refractivity contribution in [3.8, 4) is 11.1 Å². The Hall–Kier alpha value is -4.10. The molecule has 2 atom stereocenters. The van der Waals surface area contributed by atoms with E-state index in [2.05, 4.69) is 22.4 Å². The first-order valence-electron chi connectivity index (χ1n) is 18.8. The molecule has 63 heavy (non-hydrogen) atoms. The van der Waals surface area contributed by atoms with E-state index in [4.69, 9.17) is 41.6 Å². The Kier molecular flexibility index (Phi) is 16.3. The van der Waals surface area contributed by atoms with Crippen LogP contribution in [-0.2, 0) is 56.2 Å². The molecule has 8 nitrogen and oxygen atoms in total. The standard InChI is InChI=1S/C22H22F3O4PS.C19H16O3.C3H5ClF3OPS/c1-14-12-16(15-8-6-5-7-9-15)10-11-17(14)18-19(21(2,3)28-20(18)26)29-30(4,31)27-13-22(23,24)25;1-12-11-14(13-7-5-4-6-8-13)9-10-15(12)16-17(20)19(2,3)22-18(16)21;1-9(4,10)8-2-3(5,6)7/h5-12H,13H2,1-4H3;5-11H,1-3H3;2H2,1H3/p+1. The number of carbonyl (C=O) groups is 2. The quantitative estimate of drug-likeness (QED) is 0.0915. The molecule has 0 spiro atoms. The molecule has 3 aliphatic rings. The van der Waals surface area contributed by atoms with Crippen LogP contribution in [0.25, 0.3) is 27.8 Å². The predicted molar refractivity (Wildman–Crippen MR) is 241 cm³/mol. The van der Waals surface area contributed by atoms with Gasteiger partial charge in [-0.15, -0.1) is 0 Å². The molecule has 3 aromatic rings. The van der Waals surface area contributed by atoms with Crippen LogP contribution in [0.3, 0.4) is 0 Å². The largest absolute Gasteiger partial charge is 0.507 e. The van der Waals surface area contributed by atoms with Crippen molar-refractivity contribution >= 4 is 75.6 Å². The maximum absolute atomic E-state index is 12.7. The van der Waals surface area contributed by atoms with E-state index in [0.717, 1.165) is 33.4 Å². The van der Waals surface area contributed by atoms with Crippen LogP contribution >= 0.6 is 23.3 Å². The fourth-order valence-corrected chi connectivity index (χ4v) is 8.25. The number of rotatable bonds is 10. The van der Waals surface area contributed by atoms with Gasteiger partial charge in [-0.3, -0.25) is 0 Å². The Morgan fingerprint density at radius 1 is 0.746 bits per heavy atom. The van der Waals surface area contributed by atoms with E-state index in [1.54, 1.807) is 33.8 Å². The van der Waals surface area contributed by atoms with Crippen molar-refractivity contribution in [2.45, 2.75) is 65.1 Å². The summed E-state index contributed by atoms with van der Waals surface area (Å²) < 4.78 is 97.3. The number of aliphatic hydroxyl groups excluding tert-OH is 1. The lowest BCUT2D eigenvalue weighted by molar-refractivity contribution is -0.153. The molecule has 1 aliphatic carbocycles. The number of halogens is 7. The molecule has 2 heterocycles. The summed E-state index contributed by atoms with van der Waals surface area (Å²) in [7, 11) is 0. The van der Waals surface area contributed by atoms with Gasteiger partial charge in [-0.1, -0.05) is 83.7 Å². The molecule has 3 aromatic carbocycles. The fourth-order valence-electron chi connectivity index (χ4n) is 6.11. The summed E-state index contributed by atoms with van der Waals surface area (Å²) in [6, 6.07) is 21.1. The third-order valence-corrected chi connectivity index (χ3v) is 11.9. The number of aryl methyl sites for hydroxylation is 2. The molecule has 0 bridgehead atoms. The van der Waals surface area contributed by atoms with Gasteiger partial charge in [0.2, 0.25) is 6.49 Å². The van der Waals surface area contributed by atoms with Crippen LogP contribution in [0.4, 0.5) is 26.3 Å². The lowest BCUT2D eigenvalue weighted by atomic mass is 9.93. The number of hydrogen-bond donors (Lipinski definition) is 1. The van der Waals surface area contributed by atoms with E-state index < -0.39 is 60.8 Å². The van der Waals surface area contributed by atoms with E-state index in [0.29, 0.717) is 11.1 Å². The Morgan fingerprint density at radius 3 is 1.73 bits per heavy atom. The minimum absolute atomic E-state index is 0.0114. The topological polar surface area (TPSA) is 101 Å². The summed E-state index contributed by atoms with van der Waals surface area (Å²) in [6.07, 6.45) is 1.81. The third-order valence-electron chi connectivity index (χ3n) is 9.01. The zero-order valence-electron chi connectivity index (χ0n) is 35.2. The third kappa shape index (κ3) is 14.7. The van der Waals surface area contributed by atoms with Crippen LogP contribution in [0.15, 0.2) is 103 Å². The zero-order chi connectivity index (χ0) is 47.3. The van der Waals surface area contributed by atoms with Crippen LogP contribution in [-0.4, -0.2) is 67.1 Å². The average Bonchev–Trinajstić information content (AvgIpc) is 3.52. The number of hydrogen-bond acceptors (Lipinski definition) is 10. The molecule has 2 aliphatic heterocycles. The van der Waals surface area contributed by atoms with E-state index in [-0.39, 0.29) is 22.7 Å². The molecule has 0 saturated heterocycles. The molecule has 0 aromatic heterocycles. The molecule has 6 rings (SSSR count). The highest BCUT2D eigenvalue weighted by Crippen LogP contribution is 2.53. The second-order valence-corrected chi connectivity index (χ2v) is 25.7. The van der Waals surface area contributed by atoms with E-state index in [9.17, 15) is 41.0 Å². The Labute approximate surface area is 377 Å². The molecular formula is C44H44ClF6O8P2S2+. The van der Waals surface area contributed by atoms with Gasteiger partial charge in [0.1, 0.15) is 35.5 Å². The second kappa shape index (κ2) is 20.0. The van der Waals surface area contributed by atoms with Crippen LogP contribution in [0.2, 0.25) is 0 Å². The van der Waals surface area contributed by atoms with E-state index in [1.165, 1.54) is 13.3 Å². The molecule has 0 radical (unpaired) electrons. The number of cyclic esters (lactones) is 2. The van der Waals surface area contributed by atoms with Crippen molar-refractivity contribution in [1.82, 2.24) is 0 Å². The molecule has 0 amide bonds. The maximum Gasteiger partial charge on any atom is 0.412 e. The summed E-state index contributed by atoms with van der Waals surface area (Å²) >= 11 is 14.8. The number of alkyl halides is 6. The highest BCUT2D eigenvalue weighted by Gasteiger charge is 2.46. The van der Waals surface area contributed by atoms with Gasteiger partial charge in [0.15, 0.2) is 29.3 Å². The monoisotopic (exact) mass is 975 g/mol. The summed E-state index contributed by atoms with van der Waals surface area (Å²) in [6.45, 7) is 6.65. The Morgan fingerprint density at radius 2 is 1.25 bits per heavy atom. The normalized spacial score (nSPS) is 18.4. The molecule has 19 heteroatoms. The van der Waals surface area contributed by atoms with Crippen LogP contribution < -0.4 is 0 Å². The fraction of sp³-hybridized carbons (Fsp3) is 0.318. The molecule has 0 saturated carbocycles. The average molecular weight is 976 g/mol. The first-order chi connectivity index (χ1) is 28.9. The minimum atomic E-state index is -4.54. The SMILES string of the molecule is CP(=S)(Cl)OCC(F)(F)F.Cc1cc(-c2ccccc2)ccc1C1=C(OP(C)(=S)OCC(F)(F)F)C(C)(C)OC1=O.Cc1cc(C2=CC=[C+]C=C2)ccc1C1=C(O)C(C)(C)OC1=O. The molecule has 2 unspecified atom stereocenters. The highest BCUT2D eigenvalue weighted by molar-refractivity contribution is 8.24. The van der Waals surface area contributed by atoms with Crippen molar-refractivity contribution in [3.05, 3.63) is 136 Å². The van der Waals surface area contributed by atoms with Crippen molar-refractivity contribution < 1.29 is 64.1 Å². The Balaban J connectivity index is 0.000000236. The molecule has 1 N–H and O–H groups in total. The Bertz CT molecular complexity index is 2490. The van der Waals surface area contributed by atoms with Gasteiger partial charge in [-0.25, -0.2) is 9.59 Å². The van der Waals surface area contributed by atoms with Gasteiger partial charge < -0.3 is 28.2 Å². The second-order valence-electron chi connectivity index (χ2n) is 15.3. The van der Waals surface area contributed by atoms with Crippen LogP contribution in [0.1, 0.15) is 55.5 Å². The first kappa shape index (κ1) is 51.5. The van der Waals surface area contributed by atoms with E-state index in [1.807, 2.05) is 98.8 Å². The van der Waals surface area contributed by atoms with Crippen LogP contribution in [0.5, 0.6) is 0 Å². The van der Waals surface area contributed by atoms with Crippen LogP contribution in [0, 0.1) is 19.9 Å². The lowest BCUT2D eigenvalue weighted by Crippen LogP contribution is -2.24. The first-order valence-corrected chi connectivity index (χ1v) is 25.9. The van der Waals surface area contributed by atoms with Gasteiger partial charge in [-0.05, 0) is 92.8 Å². The van der Waals surface area contributed by atoms with Crippen molar-refractivity contribution in [3.63, 3.8) is 0 Å². The molecular weight excluding hydrogens is 932 g/mol. The number of carbonyl (C=O) groups excluding carboxylic acids is 2. The number of aliphatic hydroxyl groups is 1. The zero-order valence-corrected chi connectivity index (χ0v) is 39.4. The van der Waals surface area contributed by atoms with Gasteiger partial charge >= 0.3 is 24.3 Å². The summed E-state index contributed by atoms with van der Waals surface area (Å²) in [4.78, 5) is 24.8. The van der Waals surface area contributed by atoms with Gasteiger partial charge in [-0.2, -0.15) is 26.3 Å². The lowest BCUT2D eigenvalue weighted by Gasteiger charge is -2.27. The minimum Gasteiger partial charge on any atom is -0.507 e. The van der Waals surface area contributed by atoms with Crippen molar-refractivity contribution in [2.24, 2.45) is 0 Å². The van der Waals surface area contributed by atoms with Gasteiger partial charge in [0.05, 0.1) is 17.7 Å². The molecule has 0 fully saturated rings. The number of esters is 2. The smallest absolute Gasteiger partial charge is 0.412 e. The summed E-state index contributed by atoms with van der Waals surface area (Å²) in [5.41, 5.74) is 2.66. The number of ether oxygens (including phenoxy) is 2. The van der Waals surface area contributed by atoms with Gasteiger partial charge in [0, 0.05) is 25.0 Å². The number of allylic oxidation sites excluding steroid dienone is 6. The number of benzene rings is 3. The summed E-state index contributed by atoms with van der Waals surface area (Å²) in [5.74, 6) is -1.03. The molecule has 338 valence electrons. The van der Waals surface area contributed by atoms with Gasteiger partial charge in [0.25, 0.3) is 0 Å².